The molecular weight excluding hydrogens is 222 g/mol. The molecule has 7 heteroatoms. The first kappa shape index (κ1) is 11.2. The van der Waals surface area contributed by atoms with Gasteiger partial charge in [-0.2, -0.15) is 5.10 Å². The molecule has 2 aromatic heterocycles. The molecule has 2 rings (SSSR count). The summed E-state index contributed by atoms with van der Waals surface area (Å²) < 4.78 is 6.58. The molecule has 1 atom stereocenters. The highest BCUT2D eigenvalue weighted by atomic mass is 16.5. The van der Waals surface area contributed by atoms with Crippen LogP contribution in [0, 0.1) is 0 Å². The number of ether oxygens (including phenoxy) is 1. The molecule has 0 spiro atoms. The van der Waals surface area contributed by atoms with Gasteiger partial charge < -0.3 is 10.5 Å². The second kappa shape index (κ2) is 4.28. The van der Waals surface area contributed by atoms with Gasteiger partial charge in [0, 0.05) is 17.8 Å². The Hall–Kier alpha value is -2.31. The van der Waals surface area contributed by atoms with Crippen LogP contribution in [0.15, 0.2) is 23.3 Å². The lowest BCUT2D eigenvalue weighted by Gasteiger charge is -2.11. The molecule has 90 valence electrons. The molecule has 2 aromatic rings. The van der Waals surface area contributed by atoms with Gasteiger partial charge in [0.15, 0.2) is 0 Å². The van der Waals surface area contributed by atoms with Crippen molar-refractivity contribution in [2.45, 2.75) is 13.0 Å². The lowest BCUT2D eigenvalue weighted by molar-refractivity contribution is 0.388. The number of aromatic nitrogens is 4. The molecule has 0 aliphatic carbocycles. The maximum atomic E-state index is 11.7. The van der Waals surface area contributed by atoms with Gasteiger partial charge in [-0.05, 0) is 6.92 Å². The third-order valence-electron chi connectivity index (χ3n) is 2.49. The van der Waals surface area contributed by atoms with E-state index < -0.39 is 0 Å². The Labute approximate surface area is 97.2 Å². The zero-order valence-electron chi connectivity index (χ0n) is 9.54. The van der Waals surface area contributed by atoms with Gasteiger partial charge in [0.2, 0.25) is 5.88 Å². The van der Waals surface area contributed by atoms with Crippen LogP contribution in [0.25, 0.3) is 0 Å². The second-order valence-electron chi connectivity index (χ2n) is 3.62. The maximum absolute atomic E-state index is 11.7. The number of H-pyrrole nitrogens is 1. The Kier molecular flexibility index (Phi) is 2.82. The molecule has 0 bridgehead atoms. The van der Waals surface area contributed by atoms with Crippen LogP contribution in [0.5, 0.6) is 5.88 Å². The van der Waals surface area contributed by atoms with Crippen molar-refractivity contribution in [1.29, 1.82) is 0 Å². The van der Waals surface area contributed by atoms with E-state index in [0.29, 0.717) is 17.1 Å². The number of nitrogens with zero attached hydrogens (tertiary/aromatic N) is 3. The summed E-state index contributed by atoms with van der Waals surface area (Å²) in [6.07, 6.45) is 3.19. The molecule has 0 fully saturated rings. The molecule has 0 saturated heterocycles. The van der Waals surface area contributed by atoms with Crippen molar-refractivity contribution in [2.24, 2.45) is 0 Å². The summed E-state index contributed by atoms with van der Waals surface area (Å²) in [6, 6.07) is 1.34. The molecule has 3 N–H and O–H groups in total. The Morgan fingerprint density at radius 3 is 2.94 bits per heavy atom. The summed E-state index contributed by atoms with van der Waals surface area (Å²) in [4.78, 5) is 11.7. The molecule has 0 aliphatic heterocycles. The summed E-state index contributed by atoms with van der Waals surface area (Å²) in [5, 5.41) is 10.2. The molecule has 2 heterocycles. The molecule has 17 heavy (non-hydrogen) atoms. The number of nitrogens with one attached hydrogen (secondary N) is 1. The highest BCUT2D eigenvalue weighted by Gasteiger charge is 2.14. The molecule has 0 amide bonds. The molecule has 0 saturated carbocycles. The molecular formula is C10H13N5O2. The highest BCUT2D eigenvalue weighted by molar-refractivity contribution is 5.31. The minimum absolute atomic E-state index is 0.243. The Balaban J connectivity index is 2.42. The first-order chi connectivity index (χ1) is 8.11. The van der Waals surface area contributed by atoms with E-state index in [1.165, 1.54) is 13.3 Å². The largest absolute Gasteiger partial charge is 0.480 e. The quantitative estimate of drug-likeness (QED) is 0.789. The van der Waals surface area contributed by atoms with Crippen LogP contribution in [0.1, 0.15) is 18.5 Å². The molecule has 7 nitrogen and oxygen atoms in total. The third kappa shape index (κ3) is 2.12. The van der Waals surface area contributed by atoms with Crippen LogP contribution in [0.2, 0.25) is 0 Å². The van der Waals surface area contributed by atoms with Gasteiger partial charge in [0.1, 0.15) is 0 Å². The van der Waals surface area contributed by atoms with Crippen molar-refractivity contribution in [3.63, 3.8) is 0 Å². The van der Waals surface area contributed by atoms with E-state index in [9.17, 15) is 4.79 Å². The van der Waals surface area contributed by atoms with E-state index in [1.807, 2.05) is 6.92 Å². The van der Waals surface area contributed by atoms with Crippen molar-refractivity contribution >= 4 is 5.69 Å². The van der Waals surface area contributed by atoms with Gasteiger partial charge in [0.05, 0.1) is 25.0 Å². The Bertz CT molecular complexity index is 574. The Morgan fingerprint density at radius 2 is 2.35 bits per heavy atom. The first-order valence-corrected chi connectivity index (χ1v) is 5.05. The number of nitrogen functional groups attached to an aromatic ring is 1. The molecule has 0 aromatic carbocycles. The van der Waals surface area contributed by atoms with E-state index in [2.05, 4.69) is 15.3 Å². The van der Waals surface area contributed by atoms with Crippen LogP contribution in [-0.2, 0) is 0 Å². The average molecular weight is 235 g/mol. The number of anilines is 1. The lowest BCUT2D eigenvalue weighted by atomic mass is 10.1. The second-order valence-corrected chi connectivity index (χ2v) is 3.62. The average Bonchev–Trinajstić information content (AvgIpc) is 2.76. The summed E-state index contributed by atoms with van der Waals surface area (Å²) in [5.74, 6) is 0.353. The fourth-order valence-corrected chi connectivity index (χ4v) is 1.52. The number of aromatic amines is 1. The molecule has 0 aliphatic rings. The van der Waals surface area contributed by atoms with Crippen LogP contribution < -0.4 is 16.0 Å². The van der Waals surface area contributed by atoms with Crippen molar-refractivity contribution in [3.05, 3.63) is 34.4 Å². The van der Waals surface area contributed by atoms with Crippen LogP contribution in [0.4, 0.5) is 5.69 Å². The van der Waals surface area contributed by atoms with Crippen molar-refractivity contribution in [3.8, 4) is 5.88 Å². The fourth-order valence-electron chi connectivity index (χ4n) is 1.52. The zero-order chi connectivity index (χ0) is 12.4. The van der Waals surface area contributed by atoms with Crippen LogP contribution >= 0.6 is 0 Å². The third-order valence-corrected chi connectivity index (χ3v) is 2.49. The van der Waals surface area contributed by atoms with E-state index in [-0.39, 0.29) is 11.6 Å². The van der Waals surface area contributed by atoms with Gasteiger partial charge in [0.25, 0.3) is 5.56 Å². The monoisotopic (exact) mass is 235 g/mol. The normalized spacial score (nSPS) is 12.4. The fraction of sp³-hybridized carbons (Fsp3) is 0.300. The van der Waals surface area contributed by atoms with Gasteiger partial charge >= 0.3 is 0 Å². The number of nitrogens with two attached hydrogens (primary N) is 1. The van der Waals surface area contributed by atoms with Gasteiger partial charge in [-0.1, -0.05) is 0 Å². The topological polar surface area (TPSA) is 98.8 Å². The predicted octanol–water partition coefficient (Wildman–Crippen LogP) is 0.166. The summed E-state index contributed by atoms with van der Waals surface area (Å²) in [7, 11) is 1.49. The number of hydrogen-bond acceptors (Lipinski definition) is 5. The van der Waals surface area contributed by atoms with Crippen LogP contribution in [0.3, 0.4) is 0 Å². The summed E-state index contributed by atoms with van der Waals surface area (Å²) in [6.45, 7) is 1.84. The van der Waals surface area contributed by atoms with E-state index in [0.717, 1.165) is 0 Å². The molecule has 0 radical (unpaired) electrons. The lowest BCUT2D eigenvalue weighted by Crippen LogP contribution is -2.20. The number of methoxy groups -OCH3 is 1. The van der Waals surface area contributed by atoms with Gasteiger partial charge in [-0.25, -0.2) is 5.10 Å². The SMILES string of the molecule is COc1cc(C(C)n2cc(N)cn2)c(=O)[nH]n1. The predicted molar refractivity (Wildman–Crippen MR) is 61.9 cm³/mol. The number of hydrogen-bond donors (Lipinski definition) is 2. The zero-order valence-corrected chi connectivity index (χ0v) is 9.54. The van der Waals surface area contributed by atoms with E-state index in [4.69, 9.17) is 10.5 Å². The minimum atomic E-state index is -0.271. The van der Waals surface area contributed by atoms with Crippen molar-refractivity contribution in [2.75, 3.05) is 12.8 Å². The Morgan fingerprint density at radius 1 is 1.59 bits per heavy atom. The van der Waals surface area contributed by atoms with Gasteiger partial charge in [-0.15, -0.1) is 5.10 Å². The van der Waals surface area contributed by atoms with E-state index >= 15 is 0 Å². The smallest absolute Gasteiger partial charge is 0.269 e. The van der Waals surface area contributed by atoms with Crippen LogP contribution in [-0.4, -0.2) is 27.1 Å². The van der Waals surface area contributed by atoms with E-state index in [1.54, 1.807) is 16.9 Å². The first-order valence-electron chi connectivity index (χ1n) is 5.05. The standard InChI is InChI=1S/C10H13N5O2/c1-6(15-5-7(11)4-12-15)8-3-9(17-2)13-14-10(8)16/h3-6H,11H2,1-2H3,(H,14,16). The van der Waals surface area contributed by atoms with Crippen molar-refractivity contribution < 1.29 is 4.74 Å². The number of rotatable bonds is 3. The maximum Gasteiger partial charge on any atom is 0.269 e. The molecule has 1 unspecified atom stereocenters. The summed E-state index contributed by atoms with van der Waals surface area (Å²) >= 11 is 0. The van der Waals surface area contributed by atoms with Crippen molar-refractivity contribution in [1.82, 2.24) is 20.0 Å². The summed E-state index contributed by atoms with van der Waals surface area (Å²) in [5.41, 5.74) is 6.38. The van der Waals surface area contributed by atoms with Gasteiger partial charge in [-0.3, -0.25) is 9.48 Å². The highest BCUT2D eigenvalue weighted by Crippen LogP contribution is 2.16. The minimum Gasteiger partial charge on any atom is -0.480 e.